The number of hydrogen-bond donors (Lipinski definition) is 1. The van der Waals surface area contributed by atoms with Gasteiger partial charge in [-0.25, -0.2) is 0 Å². The molecule has 2 unspecified atom stereocenters. The van der Waals surface area contributed by atoms with Crippen LogP contribution in [0.1, 0.15) is 62.2 Å². The zero-order valence-corrected chi connectivity index (χ0v) is 18.5. The lowest BCUT2D eigenvalue weighted by atomic mass is 10.0. The van der Waals surface area contributed by atoms with Crippen molar-refractivity contribution in [1.29, 1.82) is 0 Å². The van der Waals surface area contributed by atoms with Crippen LogP contribution in [0.25, 0.3) is 0 Å². The maximum absolute atomic E-state index is 13.3. The second kappa shape index (κ2) is 9.81. The summed E-state index contributed by atoms with van der Waals surface area (Å²) < 4.78 is 0. The Morgan fingerprint density at radius 1 is 1.06 bits per heavy atom. The van der Waals surface area contributed by atoms with Crippen LogP contribution < -0.4 is 10.2 Å². The Morgan fingerprint density at radius 2 is 1.84 bits per heavy atom. The van der Waals surface area contributed by atoms with Crippen LogP contribution in [-0.2, 0) is 9.59 Å². The summed E-state index contributed by atoms with van der Waals surface area (Å²) in [5.41, 5.74) is 1.05. The first-order valence-corrected chi connectivity index (χ1v) is 11.8. The van der Waals surface area contributed by atoms with E-state index in [1.54, 1.807) is 17.0 Å². The maximum atomic E-state index is 13.3. The number of para-hydroxylation sites is 1. The van der Waals surface area contributed by atoms with E-state index in [9.17, 15) is 14.4 Å². The summed E-state index contributed by atoms with van der Waals surface area (Å²) in [4.78, 5) is 44.8. The first-order valence-electron chi connectivity index (χ1n) is 11.8. The number of piperidine rings is 2. The predicted octanol–water partition coefficient (Wildman–Crippen LogP) is 2.41. The van der Waals surface area contributed by atoms with E-state index in [2.05, 4.69) is 17.1 Å². The van der Waals surface area contributed by atoms with E-state index in [0.29, 0.717) is 36.8 Å². The largest absolute Gasteiger partial charge is 0.355 e. The molecule has 0 saturated carbocycles. The molecule has 2 saturated heterocycles. The lowest BCUT2D eigenvalue weighted by Gasteiger charge is -2.34. The van der Waals surface area contributed by atoms with Gasteiger partial charge in [-0.05, 0) is 64.1 Å². The van der Waals surface area contributed by atoms with Crippen LogP contribution in [0, 0.1) is 0 Å². The third kappa shape index (κ3) is 4.76. The highest BCUT2D eigenvalue weighted by molar-refractivity contribution is 6.12. The van der Waals surface area contributed by atoms with Crippen LogP contribution in [-0.4, -0.2) is 72.3 Å². The number of nitrogens with zero attached hydrogens (tertiary/aromatic N) is 3. The van der Waals surface area contributed by atoms with Crippen molar-refractivity contribution >= 4 is 23.4 Å². The number of fused-ring (bicyclic) bond motifs is 2. The molecule has 7 nitrogen and oxygen atoms in total. The van der Waals surface area contributed by atoms with Gasteiger partial charge >= 0.3 is 0 Å². The first kappa shape index (κ1) is 21.8. The summed E-state index contributed by atoms with van der Waals surface area (Å²) in [5, 5.41) is 2.98. The Bertz CT molecular complexity index is 827. The molecular formula is C24H34N4O3. The average molecular weight is 427 g/mol. The van der Waals surface area contributed by atoms with Gasteiger partial charge in [0.05, 0.1) is 11.3 Å². The van der Waals surface area contributed by atoms with Crippen molar-refractivity contribution in [3.8, 4) is 0 Å². The molecule has 0 spiro atoms. The zero-order chi connectivity index (χ0) is 21.8. The third-order valence-corrected chi connectivity index (χ3v) is 6.93. The lowest BCUT2D eigenvalue weighted by Crippen LogP contribution is -2.52. The lowest BCUT2D eigenvalue weighted by molar-refractivity contribution is -0.126. The van der Waals surface area contributed by atoms with Crippen LogP contribution >= 0.6 is 0 Å². The highest BCUT2D eigenvalue weighted by Crippen LogP contribution is 2.31. The fourth-order valence-corrected chi connectivity index (χ4v) is 5.14. The molecule has 1 N–H and O–H groups in total. The molecule has 1 aromatic rings. The van der Waals surface area contributed by atoms with E-state index in [1.165, 1.54) is 24.2 Å². The SMILES string of the molecule is CC1CCCCN1CCCNC(=O)CN1C(=O)C2CCCCN2C(=O)c2ccccc21. The Labute approximate surface area is 184 Å². The topological polar surface area (TPSA) is 73.0 Å². The van der Waals surface area contributed by atoms with Crippen molar-refractivity contribution in [3.05, 3.63) is 29.8 Å². The molecular weight excluding hydrogens is 392 g/mol. The van der Waals surface area contributed by atoms with Crippen LogP contribution in [0.2, 0.25) is 0 Å². The second-order valence-electron chi connectivity index (χ2n) is 9.04. The van der Waals surface area contributed by atoms with Gasteiger partial charge in [-0.15, -0.1) is 0 Å². The molecule has 2 fully saturated rings. The molecule has 3 heterocycles. The minimum absolute atomic E-state index is 0.0480. The van der Waals surface area contributed by atoms with E-state index in [0.717, 1.165) is 32.4 Å². The molecule has 3 aliphatic heterocycles. The van der Waals surface area contributed by atoms with Gasteiger partial charge in [-0.3, -0.25) is 14.4 Å². The van der Waals surface area contributed by atoms with E-state index >= 15 is 0 Å². The minimum Gasteiger partial charge on any atom is -0.355 e. The van der Waals surface area contributed by atoms with Gasteiger partial charge in [0.25, 0.3) is 5.91 Å². The average Bonchev–Trinajstić information content (AvgIpc) is 2.88. The van der Waals surface area contributed by atoms with Crippen molar-refractivity contribution in [2.45, 2.75) is 64.0 Å². The van der Waals surface area contributed by atoms with Gasteiger partial charge < -0.3 is 20.0 Å². The molecule has 4 rings (SSSR count). The molecule has 3 amide bonds. The normalized spacial score (nSPS) is 24.4. The standard InChI is InChI=1S/C24H34N4O3/c1-18-9-4-6-14-26(18)15-8-13-25-22(29)17-28-20-11-3-2-10-19(20)23(30)27-16-7-5-12-21(27)24(28)31/h2-3,10-11,18,21H,4-9,12-17H2,1H3,(H,25,29). The number of likely N-dealkylation sites (tertiary alicyclic amines) is 1. The summed E-state index contributed by atoms with van der Waals surface area (Å²) >= 11 is 0. The molecule has 1 aromatic carbocycles. The number of nitrogens with one attached hydrogen (secondary N) is 1. The highest BCUT2D eigenvalue weighted by Gasteiger charge is 2.40. The number of amides is 3. The number of anilines is 1. The van der Waals surface area contributed by atoms with Gasteiger partial charge in [0.15, 0.2) is 0 Å². The van der Waals surface area contributed by atoms with Gasteiger partial charge in [0.2, 0.25) is 11.8 Å². The van der Waals surface area contributed by atoms with Gasteiger partial charge in [-0.1, -0.05) is 18.6 Å². The molecule has 0 radical (unpaired) electrons. The third-order valence-electron chi connectivity index (χ3n) is 6.93. The molecule has 3 aliphatic rings. The van der Waals surface area contributed by atoms with E-state index in [4.69, 9.17) is 0 Å². The minimum atomic E-state index is -0.470. The van der Waals surface area contributed by atoms with E-state index in [-0.39, 0.29) is 24.3 Å². The molecule has 168 valence electrons. The van der Waals surface area contributed by atoms with Crippen molar-refractivity contribution in [2.24, 2.45) is 0 Å². The molecule has 0 bridgehead atoms. The van der Waals surface area contributed by atoms with E-state index < -0.39 is 6.04 Å². The second-order valence-corrected chi connectivity index (χ2v) is 9.04. The fourth-order valence-electron chi connectivity index (χ4n) is 5.14. The number of carbonyl (C=O) groups excluding carboxylic acids is 3. The number of benzene rings is 1. The smallest absolute Gasteiger partial charge is 0.256 e. The molecule has 7 heteroatoms. The maximum Gasteiger partial charge on any atom is 0.256 e. The highest BCUT2D eigenvalue weighted by atomic mass is 16.2. The number of carbonyl (C=O) groups is 3. The Hall–Kier alpha value is -2.41. The monoisotopic (exact) mass is 426 g/mol. The van der Waals surface area contributed by atoms with Crippen molar-refractivity contribution in [3.63, 3.8) is 0 Å². The summed E-state index contributed by atoms with van der Waals surface area (Å²) in [6.07, 6.45) is 7.20. The Kier molecular flexibility index (Phi) is 6.90. The predicted molar refractivity (Wildman–Crippen MR) is 120 cm³/mol. The van der Waals surface area contributed by atoms with E-state index in [1.807, 2.05) is 12.1 Å². The number of rotatable bonds is 6. The molecule has 2 atom stereocenters. The molecule has 31 heavy (non-hydrogen) atoms. The van der Waals surface area contributed by atoms with Gasteiger partial charge in [0, 0.05) is 25.7 Å². The zero-order valence-electron chi connectivity index (χ0n) is 18.5. The van der Waals surface area contributed by atoms with Crippen molar-refractivity contribution in [1.82, 2.24) is 15.1 Å². The van der Waals surface area contributed by atoms with Crippen LogP contribution in [0.15, 0.2) is 24.3 Å². The van der Waals surface area contributed by atoms with Crippen LogP contribution in [0.4, 0.5) is 5.69 Å². The fraction of sp³-hybridized carbons (Fsp3) is 0.625. The van der Waals surface area contributed by atoms with Crippen molar-refractivity contribution < 1.29 is 14.4 Å². The van der Waals surface area contributed by atoms with Crippen LogP contribution in [0.3, 0.4) is 0 Å². The summed E-state index contributed by atoms with van der Waals surface area (Å²) in [7, 11) is 0. The van der Waals surface area contributed by atoms with Gasteiger partial charge in [-0.2, -0.15) is 0 Å². The molecule has 0 aliphatic carbocycles. The van der Waals surface area contributed by atoms with Gasteiger partial charge in [0.1, 0.15) is 12.6 Å². The Morgan fingerprint density at radius 3 is 2.68 bits per heavy atom. The molecule has 0 aromatic heterocycles. The van der Waals surface area contributed by atoms with Crippen LogP contribution in [0.5, 0.6) is 0 Å². The number of hydrogen-bond acceptors (Lipinski definition) is 4. The first-order chi connectivity index (χ1) is 15.1. The summed E-state index contributed by atoms with van der Waals surface area (Å²) in [5.74, 6) is -0.422. The summed E-state index contributed by atoms with van der Waals surface area (Å²) in [6.45, 7) is 5.54. The summed E-state index contributed by atoms with van der Waals surface area (Å²) in [6, 6.07) is 7.30. The quantitative estimate of drug-likeness (QED) is 0.709. The van der Waals surface area contributed by atoms with Crippen molar-refractivity contribution in [2.75, 3.05) is 37.6 Å². The Balaban J connectivity index is 1.39.